The lowest BCUT2D eigenvalue weighted by Gasteiger charge is -2.38. The molecule has 172 valence electrons. The van der Waals surface area contributed by atoms with Crippen LogP contribution in [0.1, 0.15) is 48.0 Å². The number of aliphatic imine (C=N–C) groups is 1. The number of benzene rings is 2. The molecule has 2 aromatic rings. The molecule has 1 N–H and O–H groups in total. The largest absolute Gasteiger partial charge is 0.497 e. The number of methoxy groups -OCH3 is 2. The molecule has 1 saturated carbocycles. The molecule has 0 radical (unpaired) electrons. The summed E-state index contributed by atoms with van der Waals surface area (Å²) < 4.78 is 10.0. The first kappa shape index (κ1) is 22.5. The topological polar surface area (TPSA) is 97.3 Å². The van der Waals surface area contributed by atoms with Crippen LogP contribution in [0.15, 0.2) is 53.5 Å². The Morgan fingerprint density at radius 1 is 1.03 bits per heavy atom. The Kier molecular flexibility index (Phi) is 6.44. The molecule has 1 fully saturated rings. The molecule has 8 heteroatoms. The van der Waals surface area contributed by atoms with Gasteiger partial charge in [-0.25, -0.2) is 4.79 Å². The van der Waals surface area contributed by atoms with Crippen LogP contribution in [-0.2, 0) is 14.3 Å². The van der Waals surface area contributed by atoms with Crippen LogP contribution in [0.3, 0.4) is 0 Å². The molecular formula is C25H27N3O5. The highest BCUT2D eigenvalue weighted by atomic mass is 16.5. The highest BCUT2D eigenvalue weighted by molar-refractivity contribution is 6.47. The van der Waals surface area contributed by atoms with E-state index in [4.69, 9.17) is 14.5 Å². The number of rotatable bonds is 6. The van der Waals surface area contributed by atoms with Gasteiger partial charge in [0.2, 0.25) is 5.91 Å². The first-order valence-corrected chi connectivity index (χ1v) is 11.0. The average Bonchev–Trinajstić information content (AvgIpc) is 3.10. The van der Waals surface area contributed by atoms with E-state index < -0.39 is 17.5 Å². The summed E-state index contributed by atoms with van der Waals surface area (Å²) in [5, 5.41) is 2.76. The third kappa shape index (κ3) is 4.46. The Balaban J connectivity index is 1.58. The van der Waals surface area contributed by atoms with Crippen molar-refractivity contribution in [2.45, 2.75) is 37.8 Å². The van der Waals surface area contributed by atoms with Gasteiger partial charge in [-0.05, 0) is 62.1 Å². The van der Waals surface area contributed by atoms with Crippen molar-refractivity contribution in [1.82, 2.24) is 4.90 Å². The first-order valence-electron chi connectivity index (χ1n) is 11.0. The summed E-state index contributed by atoms with van der Waals surface area (Å²) in [4.78, 5) is 45.0. The lowest BCUT2D eigenvalue weighted by molar-refractivity contribution is -0.134. The maximum absolute atomic E-state index is 13.5. The standard InChI is InChI=1S/C25H27N3O5/c1-32-18-12-10-17(11-13-18)22-23(30)28(25(27-22)14-6-3-7-15-25)16-21(29)26-20-9-5-4-8-19(20)24(31)33-2/h4-5,8-13H,3,6-7,14-16H2,1-2H3,(H,26,29). The van der Waals surface area contributed by atoms with E-state index in [1.807, 2.05) is 12.1 Å². The molecular weight excluding hydrogens is 422 g/mol. The van der Waals surface area contributed by atoms with E-state index in [9.17, 15) is 14.4 Å². The van der Waals surface area contributed by atoms with Crippen LogP contribution < -0.4 is 10.1 Å². The number of amides is 2. The molecule has 4 rings (SSSR count). The Bertz CT molecular complexity index is 1090. The van der Waals surface area contributed by atoms with E-state index >= 15 is 0 Å². The van der Waals surface area contributed by atoms with Gasteiger partial charge in [0.1, 0.15) is 23.7 Å². The Morgan fingerprint density at radius 2 is 1.73 bits per heavy atom. The fraction of sp³-hybridized carbons (Fsp3) is 0.360. The lowest BCUT2D eigenvalue weighted by atomic mass is 9.88. The summed E-state index contributed by atoms with van der Waals surface area (Å²) in [6.07, 6.45) is 4.39. The van der Waals surface area contributed by atoms with E-state index in [0.29, 0.717) is 35.6 Å². The van der Waals surface area contributed by atoms with Crippen molar-refractivity contribution < 1.29 is 23.9 Å². The van der Waals surface area contributed by atoms with Gasteiger partial charge in [-0.2, -0.15) is 0 Å². The van der Waals surface area contributed by atoms with Gasteiger partial charge < -0.3 is 19.7 Å². The smallest absolute Gasteiger partial charge is 0.339 e. The van der Waals surface area contributed by atoms with E-state index in [1.165, 1.54) is 7.11 Å². The molecule has 8 nitrogen and oxygen atoms in total. The molecule has 0 saturated heterocycles. The number of anilines is 1. The van der Waals surface area contributed by atoms with E-state index in [1.54, 1.807) is 48.4 Å². The second-order valence-electron chi connectivity index (χ2n) is 8.21. The third-order valence-electron chi connectivity index (χ3n) is 6.20. The molecule has 2 aliphatic rings. The lowest BCUT2D eigenvalue weighted by Crippen LogP contribution is -2.51. The second-order valence-corrected chi connectivity index (χ2v) is 8.21. The quantitative estimate of drug-likeness (QED) is 0.682. The number of carbonyl (C=O) groups is 3. The summed E-state index contributed by atoms with van der Waals surface area (Å²) in [5.41, 5.74) is 0.940. The Hall–Kier alpha value is -3.68. The number of esters is 1. The molecule has 33 heavy (non-hydrogen) atoms. The van der Waals surface area contributed by atoms with Gasteiger partial charge in [0, 0.05) is 5.56 Å². The van der Waals surface area contributed by atoms with Crippen LogP contribution in [0.2, 0.25) is 0 Å². The van der Waals surface area contributed by atoms with E-state index in [0.717, 1.165) is 19.3 Å². The number of para-hydroxylation sites is 1. The molecule has 0 aromatic heterocycles. The van der Waals surface area contributed by atoms with Crippen molar-refractivity contribution in [3.8, 4) is 5.75 Å². The molecule has 2 aromatic carbocycles. The molecule has 0 atom stereocenters. The van der Waals surface area contributed by atoms with Crippen molar-refractivity contribution in [2.24, 2.45) is 4.99 Å². The van der Waals surface area contributed by atoms with Gasteiger partial charge in [-0.15, -0.1) is 0 Å². The molecule has 0 bridgehead atoms. The molecule has 2 amide bonds. The van der Waals surface area contributed by atoms with Crippen LogP contribution in [-0.4, -0.2) is 54.8 Å². The van der Waals surface area contributed by atoms with E-state index in [2.05, 4.69) is 5.32 Å². The highest BCUT2D eigenvalue weighted by Gasteiger charge is 2.48. The zero-order valence-corrected chi connectivity index (χ0v) is 18.8. The van der Waals surface area contributed by atoms with Gasteiger partial charge in [-0.1, -0.05) is 18.6 Å². The van der Waals surface area contributed by atoms with Crippen LogP contribution in [0.5, 0.6) is 5.75 Å². The van der Waals surface area contributed by atoms with Crippen molar-refractivity contribution >= 4 is 29.2 Å². The minimum atomic E-state index is -0.718. The van der Waals surface area contributed by atoms with Crippen LogP contribution in [0, 0.1) is 0 Å². The van der Waals surface area contributed by atoms with Gasteiger partial charge in [0.15, 0.2) is 0 Å². The van der Waals surface area contributed by atoms with Crippen LogP contribution >= 0.6 is 0 Å². The number of hydrogen-bond acceptors (Lipinski definition) is 6. The van der Waals surface area contributed by atoms with Crippen molar-refractivity contribution in [1.29, 1.82) is 0 Å². The summed E-state index contributed by atoms with van der Waals surface area (Å²) in [6.45, 7) is -0.155. The number of ether oxygens (including phenoxy) is 2. The number of nitrogens with zero attached hydrogens (tertiary/aromatic N) is 2. The van der Waals surface area contributed by atoms with Gasteiger partial charge in [-0.3, -0.25) is 14.6 Å². The van der Waals surface area contributed by atoms with Crippen LogP contribution in [0.4, 0.5) is 5.69 Å². The maximum atomic E-state index is 13.5. The Labute approximate surface area is 192 Å². The fourth-order valence-electron chi connectivity index (χ4n) is 4.50. The summed E-state index contributed by atoms with van der Waals surface area (Å²) in [5.74, 6) is -0.510. The average molecular weight is 450 g/mol. The predicted molar refractivity (Wildman–Crippen MR) is 123 cm³/mol. The van der Waals surface area contributed by atoms with Gasteiger partial charge >= 0.3 is 5.97 Å². The minimum Gasteiger partial charge on any atom is -0.497 e. The van der Waals surface area contributed by atoms with Gasteiger partial charge in [0.25, 0.3) is 5.91 Å². The zero-order valence-electron chi connectivity index (χ0n) is 18.8. The second kappa shape index (κ2) is 9.44. The number of carbonyl (C=O) groups excluding carboxylic acids is 3. The van der Waals surface area contributed by atoms with E-state index in [-0.39, 0.29) is 18.0 Å². The minimum absolute atomic E-state index is 0.155. The summed E-state index contributed by atoms with van der Waals surface area (Å²) in [7, 11) is 2.87. The molecule has 0 unspecified atom stereocenters. The first-order chi connectivity index (χ1) is 16.0. The third-order valence-corrected chi connectivity index (χ3v) is 6.20. The monoisotopic (exact) mass is 449 g/mol. The SMILES string of the molecule is COC(=O)c1ccccc1NC(=O)CN1C(=O)C(c2ccc(OC)cc2)=NC12CCCCC2. The van der Waals surface area contributed by atoms with Gasteiger partial charge in [0.05, 0.1) is 25.5 Å². The van der Waals surface area contributed by atoms with Crippen molar-refractivity contribution in [3.63, 3.8) is 0 Å². The van der Waals surface area contributed by atoms with Crippen LogP contribution in [0.25, 0.3) is 0 Å². The number of nitrogens with one attached hydrogen (secondary N) is 1. The zero-order chi connectivity index (χ0) is 23.4. The normalized spacial score (nSPS) is 17.0. The van der Waals surface area contributed by atoms with Crippen molar-refractivity contribution in [3.05, 3.63) is 59.7 Å². The Morgan fingerprint density at radius 3 is 2.39 bits per heavy atom. The predicted octanol–water partition coefficient (Wildman–Crippen LogP) is 3.41. The summed E-state index contributed by atoms with van der Waals surface area (Å²) in [6, 6.07) is 13.8. The maximum Gasteiger partial charge on any atom is 0.339 e. The van der Waals surface area contributed by atoms with Crippen molar-refractivity contribution in [2.75, 3.05) is 26.1 Å². The fourth-order valence-corrected chi connectivity index (χ4v) is 4.50. The highest BCUT2D eigenvalue weighted by Crippen LogP contribution is 2.39. The number of hydrogen-bond donors (Lipinski definition) is 1. The molecule has 1 aliphatic heterocycles. The molecule has 1 heterocycles. The summed E-state index contributed by atoms with van der Waals surface area (Å²) >= 11 is 0. The molecule has 1 aliphatic carbocycles. The molecule has 1 spiro atoms.